The number of carbonyl (C=O) groups excluding carboxylic acids is 3. The van der Waals surface area contributed by atoms with Crippen molar-refractivity contribution in [2.45, 2.75) is 91.3 Å². The normalized spacial score (nSPS) is 24.5. The zero-order valence-electron chi connectivity index (χ0n) is 19.7. The lowest BCUT2D eigenvalue weighted by atomic mass is 9.99. The van der Waals surface area contributed by atoms with Crippen LogP contribution in [0.5, 0.6) is 0 Å². The number of likely N-dealkylation sites (tertiary alicyclic amines) is 1. The number of hydrogen-bond donors (Lipinski definition) is 2. The van der Waals surface area contributed by atoms with Crippen LogP contribution in [-0.4, -0.2) is 47.8 Å². The first-order valence-corrected chi connectivity index (χ1v) is 11.4. The van der Waals surface area contributed by atoms with Crippen molar-refractivity contribution in [3.05, 3.63) is 24.0 Å². The van der Waals surface area contributed by atoms with Gasteiger partial charge in [0.15, 0.2) is 0 Å². The van der Waals surface area contributed by atoms with Crippen LogP contribution in [0, 0.1) is 5.92 Å². The minimum atomic E-state index is -0.333. The van der Waals surface area contributed by atoms with Crippen molar-refractivity contribution in [2.24, 2.45) is 11.7 Å². The van der Waals surface area contributed by atoms with Gasteiger partial charge < -0.3 is 20.7 Å². The molecule has 3 N–H and O–H groups in total. The zero-order chi connectivity index (χ0) is 23.4. The molecule has 2 aliphatic rings. The van der Waals surface area contributed by atoms with Gasteiger partial charge in [-0.3, -0.25) is 14.4 Å². The summed E-state index contributed by atoms with van der Waals surface area (Å²) in [4.78, 5) is 35.5. The molecule has 2 fully saturated rings. The average Bonchev–Trinajstić information content (AvgIpc) is 2.96. The predicted molar refractivity (Wildman–Crippen MR) is 123 cm³/mol. The second-order valence-electron chi connectivity index (χ2n) is 8.57. The third kappa shape index (κ3) is 10.6. The quantitative estimate of drug-likeness (QED) is 0.578. The fraction of sp³-hybridized carbons (Fsp3) is 0.708. The van der Waals surface area contributed by atoms with E-state index < -0.39 is 0 Å². The summed E-state index contributed by atoms with van der Waals surface area (Å²) < 4.78 is 5.85. The van der Waals surface area contributed by atoms with Crippen LogP contribution < -0.4 is 11.1 Å². The molecule has 0 bridgehead atoms. The highest BCUT2D eigenvalue weighted by Gasteiger charge is 2.26. The molecule has 3 atom stereocenters. The maximum Gasteiger partial charge on any atom is 0.220 e. The van der Waals surface area contributed by atoms with Crippen molar-refractivity contribution in [1.82, 2.24) is 10.2 Å². The number of ketones is 1. The molecule has 2 saturated heterocycles. The van der Waals surface area contributed by atoms with E-state index in [0.29, 0.717) is 31.4 Å². The Morgan fingerprint density at radius 1 is 1.23 bits per heavy atom. The fourth-order valence-corrected chi connectivity index (χ4v) is 4.15. The molecule has 0 aliphatic carbocycles. The number of nitrogens with one attached hydrogen (secondary N) is 1. The molecular weight excluding hydrogens is 394 g/mol. The Morgan fingerprint density at radius 2 is 1.90 bits per heavy atom. The Labute approximate surface area is 187 Å². The summed E-state index contributed by atoms with van der Waals surface area (Å²) in [5, 5.41) is 2.93. The molecule has 7 nitrogen and oxygen atoms in total. The second kappa shape index (κ2) is 14.0. The van der Waals surface area contributed by atoms with Crippen LogP contribution in [0.1, 0.15) is 79.1 Å². The standard InChI is InChI=1S/C22H36N2O3.C2H5NO/c1-5-21-16(2)15-17(3)24(21)14-13-23-22(26)12-10-19(25)9-11-20-8-6-7-18(4)27-20;1-2(3)4/h5,16,18,20H,3,6-15H2,1-2,4H3,(H,23,26);1H3,(H2,3,4)/b21-5-;. The first kappa shape index (κ1) is 26.9. The van der Waals surface area contributed by atoms with Gasteiger partial charge in [0.2, 0.25) is 11.8 Å². The molecule has 0 aromatic heterocycles. The first-order valence-electron chi connectivity index (χ1n) is 11.4. The Hall–Kier alpha value is -2.15. The highest BCUT2D eigenvalue weighted by Crippen LogP contribution is 2.33. The minimum Gasteiger partial charge on any atom is -0.375 e. The topological polar surface area (TPSA) is 102 Å². The molecule has 3 unspecified atom stereocenters. The third-order valence-corrected chi connectivity index (χ3v) is 5.63. The molecule has 0 saturated carbocycles. The molecule has 2 rings (SSSR count). The summed E-state index contributed by atoms with van der Waals surface area (Å²) in [6.45, 7) is 13.1. The molecule has 0 aromatic rings. The lowest BCUT2D eigenvalue weighted by Gasteiger charge is -2.27. The highest BCUT2D eigenvalue weighted by atomic mass is 16.5. The largest absolute Gasteiger partial charge is 0.375 e. The number of primary amides is 1. The van der Waals surface area contributed by atoms with Gasteiger partial charge in [0, 0.05) is 56.6 Å². The van der Waals surface area contributed by atoms with Crippen molar-refractivity contribution in [2.75, 3.05) is 13.1 Å². The third-order valence-electron chi connectivity index (χ3n) is 5.63. The van der Waals surface area contributed by atoms with Crippen LogP contribution in [0.3, 0.4) is 0 Å². The molecule has 7 heteroatoms. The molecule has 2 amide bonds. The number of carbonyl (C=O) groups is 3. The van der Waals surface area contributed by atoms with Crippen LogP contribution in [0.25, 0.3) is 0 Å². The Morgan fingerprint density at radius 3 is 2.52 bits per heavy atom. The first-order chi connectivity index (χ1) is 14.6. The van der Waals surface area contributed by atoms with Gasteiger partial charge in [-0.25, -0.2) is 0 Å². The van der Waals surface area contributed by atoms with E-state index in [1.165, 1.54) is 19.0 Å². The number of nitrogens with two attached hydrogens (primary N) is 1. The predicted octanol–water partition coefficient (Wildman–Crippen LogP) is 3.44. The van der Waals surface area contributed by atoms with Crippen molar-refractivity contribution in [3.8, 4) is 0 Å². The maximum atomic E-state index is 12.1. The summed E-state index contributed by atoms with van der Waals surface area (Å²) in [5.41, 5.74) is 6.86. The summed E-state index contributed by atoms with van der Waals surface area (Å²) in [6.07, 6.45) is 8.86. The van der Waals surface area contributed by atoms with Gasteiger partial charge in [0.1, 0.15) is 5.78 Å². The molecule has 176 valence electrons. The number of rotatable bonds is 9. The van der Waals surface area contributed by atoms with Gasteiger partial charge in [-0.1, -0.05) is 19.6 Å². The van der Waals surface area contributed by atoms with E-state index >= 15 is 0 Å². The summed E-state index contributed by atoms with van der Waals surface area (Å²) in [5.74, 6) is 0.266. The van der Waals surface area contributed by atoms with Crippen molar-refractivity contribution in [3.63, 3.8) is 0 Å². The van der Waals surface area contributed by atoms with Gasteiger partial charge in [-0.05, 0) is 46.0 Å². The van der Waals surface area contributed by atoms with Crippen molar-refractivity contribution in [1.29, 1.82) is 0 Å². The molecular formula is C24H41N3O4. The summed E-state index contributed by atoms with van der Waals surface area (Å²) >= 11 is 0. The number of allylic oxidation sites excluding steroid dienone is 3. The SMILES string of the molecule is C=C1CC(C)/C(=C/C)N1CCNC(=O)CCC(=O)CCC1CCCC(C)O1.CC(N)=O. The molecule has 2 aliphatic heterocycles. The smallest absolute Gasteiger partial charge is 0.220 e. The van der Waals surface area contributed by atoms with Crippen LogP contribution in [-0.2, 0) is 19.1 Å². The number of hydrogen-bond acceptors (Lipinski definition) is 5. The highest BCUT2D eigenvalue weighted by molar-refractivity contribution is 5.84. The Bertz CT molecular complexity index is 655. The van der Waals surface area contributed by atoms with Gasteiger partial charge in [-0.15, -0.1) is 0 Å². The van der Waals surface area contributed by atoms with E-state index in [1.807, 2.05) is 6.92 Å². The van der Waals surface area contributed by atoms with E-state index in [4.69, 9.17) is 4.74 Å². The minimum absolute atomic E-state index is 0.0502. The van der Waals surface area contributed by atoms with Crippen LogP contribution in [0.2, 0.25) is 0 Å². The average molecular weight is 436 g/mol. The van der Waals surface area contributed by atoms with E-state index in [1.54, 1.807) is 0 Å². The molecule has 0 radical (unpaired) electrons. The molecule has 31 heavy (non-hydrogen) atoms. The number of ether oxygens (including phenoxy) is 1. The van der Waals surface area contributed by atoms with E-state index in [9.17, 15) is 14.4 Å². The second-order valence-corrected chi connectivity index (χ2v) is 8.57. The van der Waals surface area contributed by atoms with Crippen LogP contribution >= 0.6 is 0 Å². The zero-order valence-corrected chi connectivity index (χ0v) is 19.7. The fourth-order valence-electron chi connectivity index (χ4n) is 4.15. The van der Waals surface area contributed by atoms with E-state index in [2.05, 4.69) is 42.5 Å². The van der Waals surface area contributed by atoms with Crippen molar-refractivity contribution >= 4 is 17.6 Å². The van der Waals surface area contributed by atoms with Gasteiger partial charge >= 0.3 is 0 Å². The van der Waals surface area contributed by atoms with E-state index in [0.717, 1.165) is 37.9 Å². The summed E-state index contributed by atoms with van der Waals surface area (Å²) in [6, 6.07) is 0. The monoisotopic (exact) mass is 435 g/mol. The number of nitrogens with zero attached hydrogens (tertiary/aromatic N) is 1. The van der Waals surface area contributed by atoms with Gasteiger partial charge in [0.25, 0.3) is 0 Å². The molecule has 0 aromatic carbocycles. The van der Waals surface area contributed by atoms with Crippen molar-refractivity contribution < 1.29 is 19.1 Å². The number of Topliss-reactive ketones (excluding diaryl/α,β-unsaturated/α-hetero) is 1. The molecule has 2 heterocycles. The molecule has 0 spiro atoms. The Kier molecular flexibility index (Phi) is 12.2. The van der Waals surface area contributed by atoms with Crippen LogP contribution in [0.15, 0.2) is 24.0 Å². The maximum absolute atomic E-state index is 12.1. The lowest BCUT2D eigenvalue weighted by molar-refractivity contribution is -0.126. The Balaban J connectivity index is 0.00000110. The number of amides is 2. The van der Waals surface area contributed by atoms with E-state index in [-0.39, 0.29) is 30.1 Å². The van der Waals surface area contributed by atoms with Gasteiger partial charge in [-0.2, -0.15) is 0 Å². The lowest BCUT2D eigenvalue weighted by Crippen LogP contribution is -2.32. The van der Waals surface area contributed by atoms with Gasteiger partial charge in [0.05, 0.1) is 12.2 Å². The van der Waals surface area contributed by atoms with Crippen LogP contribution in [0.4, 0.5) is 0 Å². The summed E-state index contributed by atoms with van der Waals surface area (Å²) in [7, 11) is 0.